The zero-order valence-electron chi connectivity index (χ0n) is 15.7. The maximum absolute atomic E-state index is 12.2. The largest absolute Gasteiger partial charge is 0.497 e. The quantitative estimate of drug-likeness (QED) is 0.561. The molecule has 1 amide bonds. The molecule has 146 valence electrons. The Bertz CT molecular complexity index is 944. The summed E-state index contributed by atoms with van der Waals surface area (Å²) in [4.78, 5) is 12.2. The number of benzene rings is 2. The zero-order valence-corrected chi connectivity index (χ0v) is 17.3. The van der Waals surface area contributed by atoms with Gasteiger partial charge in [-0.05, 0) is 36.8 Å². The summed E-state index contributed by atoms with van der Waals surface area (Å²) in [5.41, 5.74) is 1.92. The lowest BCUT2D eigenvalue weighted by Gasteiger charge is -2.09. The first-order valence-electron chi connectivity index (χ1n) is 8.82. The zero-order chi connectivity index (χ0) is 19.9. The minimum atomic E-state index is -0.0615. The van der Waals surface area contributed by atoms with Crippen LogP contribution in [0.2, 0.25) is 5.02 Å². The fourth-order valence-electron chi connectivity index (χ4n) is 2.64. The molecular formula is C20H21ClN4O2S. The molecule has 0 radical (unpaired) electrons. The van der Waals surface area contributed by atoms with Crippen LogP contribution in [0.3, 0.4) is 0 Å². The van der Waals surface area contributed by atoms with Crippen LogP contribution in [-0.4, -0.2) is 33.5 Å². The minimum absolute atomic E-state index is 0.0615. The van der Waals surface area contributed by atoms with Gasteiger partial charge < -0.3 is 14.6 Å². The Morgan fingerprint density at radius 1 is 1.21 bits per heavy atom. The molecule has 0 fully saturated rings. The number of rotatable bonds is 8. The van der Waals surface area contributed by atoms with Crippen molar-refractivity contribution >= 4 is 29.3 Å². The molecule has 8 heteroatoms. The molecule has 0 saturated carbocycles. The third kappa shape index (κ3) is 5.05. The van der Waals surface area contributed by atoms with Crippen LogP contribution in [0.25, 0.3) is 11.4 Å². The number of hydrogen-bond donors (Lipinski definition) is 1. The molecular weight excluding hydrogens is 396 g/mol. The number of halogens is 1. The Morgan fingerprint density at radius 3 is 2.71 bits per heavy atom. The monoisotopic (exact) mass is 416 g/mol. The van der Waals surface area contributed by atoms with E-state index < -0.39 is 0 Å². The maximum Gasteiger partial charge on any atom is 0.230 e. The Hall–Kier alpha value is -2.51. The van der Waals surface area contributed by atoms with E-state index in [-0.39, 0.29) is 11.7 Å². The molecule has 6 nitrogen and oxygen atoms in total. The molecule has 1 N–H and O–H groups in total. The van der Waals surface area contributed by atoms with Crippen LogP contribution in [0.5, 0.6) is 5.75 Å². The highest BCUT2D eigenvalue weighted by Gasteiger charge is 2.15. The van der Waals surface area contributed by atoms with Gasteiger partial charge in [-0.25, -0.2) is 0 Å². The van der Waals surface area contributed by atoms with Crippen LogP contribution >= 0.6 is 23.4 Å². The summed E-state index contributed by atoms with van der Waals surface area (Å²) in [7, 11) is 1.63. The summed E-state index contributed by atoms with van der Waals surface area (Å²) in [6, 6.07) is 15.1. The highest BCUT2D eigenvalue weighted by molar-refractivity contribution is 7.99. The fraction of sp³-hybridized carbons (Fsp3) is 0.250. The van der Waals surface area contributed by atoms with Crippen molar-refractivity contribution in [1.82, 2.24) is 20.1 Å². The van der Waals surface area contributed by atoms with E-state index in [9.17, 15) is 4.79 Å². The van der Waals surface area contributed by atoms with Crippen molar-refractivity contribution in [3.05, 3.63) is 59.1 Å². The van der Waals surface area contributed by atoms with Crippen LogP contribution in [-0.2, 0) is 17.9 Å². The number of methoxy groups -OCH3 is 1. The van der Waals surface area contributed by atoms with E-state index in [1.54, 1.807) is 7.11 Å². The molecule has 2 aromatic carbocycles. The maximum atomic E-state index is 12.2. The molecule has 0 saturated heterocycles. The number of hydrogen-bond acceptors (Lipinski definition) is 5. The van der Waals surface area contributed by atoms with Gasteiger partial charge in [-0.1, -0.05) is 47.6 Å². The summed E-state index contributed by atoms with van der Waals surface area (Å²) >= 11 is 7.24. The summed E-state index contributed by atoms with van der Waals surface area (Å²) in [6.45, 7) is 3.19. The lowest BCUT2D eigenvalue weighted by atomic mass is 10.2. The first kappa shape index (κ1) is 20.2. The van der Waals surface area contributed by atoms with E-state index in [1.165, 1.54) is 11.8 Å². The minimum Gasteiger partial charge on any atom is -0.497 e. The van der Waals surface area contributed by atoms with E-state index in [1.807, 2.05) is 60.0 Å². The van der Waals surface area contributed by atoms with E-state index in [0.29, 0.717) is 23.3 Å². The van der Waals surface area contributed by atoms with Gasteiger partial charge in [0.25, 0.3) is 0 Å². The van der Waals surface area contributed by atoms with Gasteiger partial charge in [0, 0.05) is 23.7 Å². The van der Waals surface area contributed by atoms with Crippen LogP contribution in [0.4, 0.5) is 0 Å². The number of aromatic nitrogens is 3. The van der Waals surface area contributed by atoms with Gasteiger partial charge in [0.05, 0.1) is 12.9 Å². The van der Waals surface area contributed by atoms with E-state index in [2.05, 4.69) is 15.5 Å². The summed E-state index contributed by atoms with van der Waals surface area (Å²) in [5, 5.41) is 12.9. The molecule has 3 aromatic rings. The van der Waals surface area contributed by atoms with Gasteiger partial charge in [0.1, 0.15) is 5.75 Å². The number of carbonyl (C=O) groups is 1. The second-order valence-corrected chi connectivity index (χ2v) is 7.35. The normalized spacial score (nSPS) is 10.7. The van der Waals surface area contributed by atoms with Crippen LogP contribution in [0.15, 0.2) is 53.7 Å². The number of thioether (sulfide) groups is 1. The van der Waals surface area contributed by atoms with E-state index in [4.69, 9.17) is 16.3 Å². The van der Waals surface area contributed by atoms with Crippen molar-refractivity contribution in [1.29, 1.82) is 0 Å². The van der Waals surface area contributed by atoms with Gasteiger partial charge in [0.2, 0.25) is 5.91 Å². The molecule has 28 heavy (non-hydrogen) atoms. The summed E-state index contributed by atoms with van der Waals surface area (Å²) in [6.07, 6.45) is 0. The average molecular weight is 417 g/mol. The topological polar surface area (TPSA) is 69.0 Å². The first-order chi connectivity index (χ1) is 13.6. The Labute approximate surface area is 173 Å². The lowest BCUT2D eigenvalue weighted by molar-refractivity contribution is -0.118. The molecule has 0 bridgehead atoms. The van der Waals surface area contributed by atoms with Crippen molar-refractivity contribution in [2.75, 3.05) is 12.9 Å². The predicted molar refractivity (Wildman–Crippen MR) is 112 cm³/mol. The third-order valence-corrected chi connectivity index (χ3v) is 5.32. The highest BCUT2D eigenvalue weighted by atomic mass is 35.5. The fourth-order valence-corrected chi connectivity index (χ4v) is 3.60. The average Bonchev–Trinajstić information content (AvgIpc) is 3.14. The standard InChI is InChI=1S/C20H21ClN4O2S/c1-3-25-19(15-5-4-6-17(11-15)27-2)23-24-20(25)28-13-18(26)22-12-14-7-9-16(21)10-8-14/h4-11H,3,12-13H2,1-2H3,(H,22,26). The SMILES string of the molecule is CCn1c(SCC(=O)NCc2ccc(Cl)cc2)nnc1-c1cccc(OC)c1. The summed E-state index contributed by atoms with van der Waals surface area (Å²) < 4.78 is 7.27. The van der Waals surface area contributed by atoms with Crippen molar-refractivity contribution < 1.29 is 9.53 Å². The van der Waals surface area contributed by atoms with Crippen LogP contribution in [0.1, 0.15) is 12.5 Å². The Balaban J connectivity index is 1.62. The molecule has 1 aromatic heterocycles. The van der Waals surface area contributed by atoms with Crippen molar-refractivity contribution in [2.45, 2.75) is 25.2 Å². The summed E-state index contributed by atoms with van der Waals surface area (Å²) in [5.74, 6) is 1.72. The van der Waals surface area contributed by atoms with E-state index in [0.717, 1.165) is 22.7 Å². The van der Waals surface area contributed by atoms with Crippen LogP contribution in [0, 0.1) is 0 Å². The van der Waals surface area contributed by atoms with Gasteiger partial charge in [0.15, 0.2) is 11.0 Å². The van der Waals surface area contributed by atoms with Gasteiger partial charge in [-0.2, -0.15) is 0 Å². The number of ether oxygens (including phenoxy) is 1. The first-order valence-corrected chi connectivity index (χ1v) is 10.2. The van der Waals surface area contributed by atoms with Gasteiger partial charge >= 0.3 is 0 Å². The van der Waals surface area contributed by atoms with Gasteiger partial charge in [-0.3, -0.25) is 4.79 Å². The van der Waals surface area contributed by atoms with Crippen LogP contribution < -0.4 is 10.1 Å². The second-order valence-electron chi connectivity index (χ2n) is 5.97. The highest BCUT2D eigenvalue weighted by Crippen LogP contribution is 2.26. The molecule has 0 unspecified atom stereocenters. The van der Waals surface area contributed by atoms with Crippen molar-refractivity contribution in [3.8, 4) is 17.1 Å². The molecule has 0 aliphatic carbocycles. The molecule has 0 aliphatic rings. The van der Waals surface area contributed by atoms with E-state index >= 15 is 0 Å². The number of nitrogens with one attached hydrogen (secondary N) is 1. The molecule has 0 spiro atoms. The molecule has 1 heterocycles. The molecule has 0 aliphatic heterocycles. The molecule has 0 atom stereocenters. The third-order valence-electron chi connectivity index (χ3n) is 4.10. The smallest absolute Gasteiger partial charge is 0.230 e. The number of carbonyl (C=O) groups excluding carboxylic acids is 1. The Kier molecular flexibility index (Phi) is 6.95. The predicted octanol–water partition coefficient (Wildman–Crippen LogP) is 4.04. The van der Waals surface area contributed by atoms with Crippen molar-refractivity contribution in [3.63, 3.8) is 0 Å². The number of amides is 1. The van der Waals surface area contributed by atoms with Gasteiger partial charge in [-0.15, -0.1) is 10.2 Å². The lowest BCUT2D eigenvalue weighted by Crippen LogP contribution is -2.24. The second kappa shape index (κ2) is 9.61. The van der Waals surface area contributed by atoms with Crippen molar-refractivity contribution in [2.24, 2.45) is 0 Å². The number of nitrogens with zero attached hydrogens (tertiary/aromatic N) is 3. The molecule has 3 rings (SSSR count). The Morgan fingerprint density at radius 2 is 2.00 bits per heavy atom.